The number of benzene rings is 2. The Morgan fingerprint density at radius 3 is 2.76 bits per heavy atom. The summed E-state index contributed by atoms with van der Waals surface area (Å²) >= 11 is 8.79. The number of H-pyrrole nitrogens is 1. The van der Waals surface area contributed by atoms with E-state index in [0.29, 0.717) is 10.6 Å². The molecule has 25 heavy (non-hydrogen) atoms. The Balaban J connectivity index is 1.88. The molecule has 5 nitrogen and oxygen atoms in total. The molecule has 0 radical (unpaired) electrons. The molecular weight excluding hydrogens is 400 g/mol. The lowest BCUT2D eigenvalue weighted by Crippen LogP contribution is -1.94. The minimum atomic E-state index is 0.424. The summed E-state index contributed by atoms with van der Waals surface area (Å²) in [4.78, 5) is 0. The monoisotopic (exact) mass is 414 g/mol. The third-order valence-electron chi connectivity index (χ3n) is 3.45. The molecule has 3 aromatic rings. The lowest BCUT2D eigenvalue weighted by Gasteiger charge is -2.03. The van der Waals surface area contributed by atoms with E-state index in [2.05, 4.69) is 31.2 Å². The Morgan fingerprint density at radius 1 is 1.20 bits per heavy atom. The molecule has 1 N–H and O–H groups in total. The van der Waals surface area contributed by atoms with Crippen molar-refractivity contribution in [3.8, 4) is 17.1 Å². The van der Waals surface area contributed by atoms with Gasteiger partial charge in [0.1, 0.15) is 5.75 Å². The van der Waals surface area contributed by atoms with E-state index in [-0.39, 0.29) is 0 Å². The highest BCUT2D eigenvalue weighted by Crippen LogP contribution is 2.26. The van der Waals surface area contributed by atoms with Crippen molar-refractivity contribution >= 4 is 40.4 Å². The predicted octanol–water partition coefficient (Wildman–Crippen LogP) is 4.93. The third kappa shape index (κ3) is 3.94. The first-order valence-corrected chi connectivity index (χ1v) is 8.67. The zero-order valence-electron chi connectivity index (χ0n) is 13.4. The average molecular weight is 415 g/mol. The third-order valence-corrected chi connectivity index (χ3v) is 4.40. The average Bonchev–Trinajstić information content (AvgIpc) is 3.00. The number of para-hydroxylation sites is 1. The second kappa shape index (κ2) is 8.04. The van der Waals surface area contributed by atoms with E-state index in [1.165, 1.54) is 0 Å². The van der Waals surface area contributed by atoms with Crippen molar-refractivity contribution < 1.29 is 4.74 Å². The number of methoxy groups -OCH3 is 1. The van der Waals surface area contributed by atoms with Gasteiger partial charge in [0.25, 0.3) is 0 Å². The molecule has 0 aliphatic heterocycles. The summed E-state index contributed by atoms with van der Waals surface area (Å²) in [6.45, 7) is 0. The summed E-state index contributed by atoms with van der Waals surface area (Å²) in [7, 11) is 1.65. The SMILES string of the molecule is COc1ccccc1C=CC=Nn1c(-c2ccccc2Br)n[nH]c1=S. The molecule has 0 aliphatic carbocycles. The molecule has 0 aliphatic rings. The van der Waals surface area contributed by atoms with Crippen LogP contribution in [0.4, 0.5) is 0 Å². The van der Waals surface area contributed by atoms with Gasteiger partial charge in [-0.15, -0.1) is 0 Å². The maximum Gasteiger partial charge on any atom is 0.216 e. The molecule has 2 aromatic carbocycles. The number of ether oxygens (including phenoxy) is 1. The van der Waals surface area contributed by atoms with Gasteiger partial charge in [-0.3, -0.25) is 0 Å². The molecule has 1 heterocycles. The maximum absolute atomic E-state index is 5.32. The fraction of sp³-hybridized carbons (Fsp3) is 0.0556. The maximum atomic E-state index is 5.32. The highest BCUT2D eigenvalue weighted by atomic mass is 79.9. The molecule has 126 valence electrons. The topological polar surface area (TPSA) is 55.2 Å². The van der Waals surface area contributed by atoms with Crippen molar-refractivity contribution in [1.82, 2.24) is 14.9 Å². The molecule has 7 heteroatoms. The summed E-state index contributed by atoms with van der Waals surface area (Å²) in [5, 5.41) is 11.4. The predicted molar refractivity (Wildman–Crippen MR) is 106 cm³/mol. The van der Waals surface area contributed by atoms with Crippen LogP contribution in [0.2, 0.25) is 0 Å². The van der Waals surface area contributed by atoms with Crippen LogP contribution in [-0.4, -0.2) is 28.2 Å². The molecule has 0 saturated heterocycles. The lowest BCUT2D eigenvalue weighted by molar-refractivity contribution is 0.414. The molecule has 0 fully saturated rings. The first kappa shape index (κ1) is 17.3. The number of nitrogens with one attached hydrogen (secondary N) is 1. The fourth-order valence-corrected chi connectivity index (χ4v) is 2.91. The molecular formula is C18H15BrN4OS. The number of rotatable bonds is 5. The van der Waals surface area contributed by atoms with Crippen LogP contribution in [0, 0.1) is 4.77 Å². The van der Waals surface area contributed by atoms with E-state index in [1.54, 1.807) is 18.0 Å². The molecule has 3 rings (SSSR count). The van der Waals surface area contributed by atoms with Crippen molar-refractivity contribution in [3.63, 3.8) is 0 Å². The van der Waals surface area contributed by atoms with E-state index in [0.717, 1.165) is 21.3 Å². The lowest BCUT2D eigenvalue weighted by atomic mass is 10.2. The quantitative estimate of drug-likeness (QED) is 0.475. The number of hydrogen-bond donors (Lipinski definition) is 1. The fourth-order valence-electron chi connectivity index (χ4n) is 2.27. The van der Waals surface area contributed by atoms with Crippen molar-refractivity contribution in [2.45, 2.75) is 0 Å². The van der Waals surface area contributed by atoms with Crippen LogP contribution >= 0.6 is 28.1 Å². The second-order valence-electron chi connectivity index (χ2n) is 5.01. The van der Waals surface area contributed by atoms with Crippen LogP contribution in [-0.2, 0) is 0 Å². The highest BCUT2D eigenvalue weighted by Gasteiger charge is 2.10. The minimum Gasteiger partial charge on any atom is -0.496 e. The van der Waals surface area contributed by atoms with E-state index in [9.17, 15) is 0 Å². The van der Waals surface area contributed by atoms with E-state index < -0.39 is 0 Å². The standard InChI is InChI=1S/C18H15BrN4OS/c1-24-16-11-5-2-7-13(16)8-6-12-20-23-17(21-22-18(23)25)14-9-3-4-10-15(14)19/h2-12H,1H3,(H,22,25). The number of allylic oxidation sites excluding steroid dienone is 1. The van der Waals surface area contributed by atoms with Crippen LogP contribution in [0.15, 0.2) is 64.2 Å². The van der Waals surface area contributed by atoms with Crippen LogP contribution in [0.5, 0.6) is 5.75 Å². The zero-order chi connectivity index (χ0) is 17.6. The number of nitrogens with zero attached hydrogens (tertiary/aromatic N) is 3. The van der Waals surface area contributed by atoms with Gasteiger partial charge < -0.3 is 4.74 Å². The molecule has 1 aromatic heterocycles. The molecule has 0 amide bonds. The van der Waals surface area contributed by atoms with Crippen molar-refractivity contribution in [2.24, 2.45) is 5.10 Å². The number of aromatic amines is 1. The normalized spacial score (nSPS) is 11.4. The molecule has 0 bridgehead atoms. The summed E-state index contributed by atoms with van der Waals surface area (Å²) in [5.74, 6) is 1.44. The van der Waals surface area contributed by atoms with E-state index in [1.807, 2.05) is 60.7 Å². The molecule has 0 spiro atoms. The Kier molecular flexibility index (Phi) is 5.57. The first-order chi connectivity index (χ1) is 12.2. The van der Waals surface area contributed by atoms with Gasteiger partial charge in [0.2, 0.25) is 4.77 Å². The van der Waals surface area contributed by atoms with Crippen molar-refractivity contribution in [1.29, 1.82) is 0 Å². The van der Waals surface area contributed by atoms with Gasteiger partial charge in [-0.1, -0.05) is 46.3 Å². The molecule has 0 saturated carbocycles. The first-order valence-electron chi connectivity index (χ1n) is 7.47. The van der Waals surface area contributed by atoms with Gasteiger partial charge in [0, 0.05) is 21.8 Å². The number of aromatic nitrogens is 3. The van der Waals surface area contributed by atoms with E-state index in [4.69, 9.17) is 17.0 Å². The summed E-state index contributed by atoms with van der Waals surface area (Å²) in [6.07, 6.45) is 5.42. The van der Waals surface area contributed by atoms with Gasteiger partial charge >= 0.3 is 0 Å². The van der Waals surface area contributed by atoms with Crippen molar-refractivity contribution in [2.75, 3.05) is 7.11 Å². The Hall–Kier alpha value is -2.51. The van der Waals surface area contributed by atoms with Gasteiger partial charge in [-0.25, -0.2) is 5.10 Å². The Bertz CT molecular complexity index is 990. The smallest absolute Gasteiger partial charge is 0.216 e. The number of halogens is 1. The summed E-state index contributed by atoms with van der Waals surface area (Å²) in [5.41, 5.74) is 1.87. The zero-order valence-corrected chi connectivity index (χ0v) is 15.8. The van der Waals surface area contributed by atoms with Crippen LogP contribution < -0.4 is 4.74 Å². The van der Waals surface area contributed by atoms with Crippen LogP contribution in [0.1, 0.15) is 5.56 Å². The van der Waals surface area contributed by atoms with Crippen LogP contribution in [0.3, 0.4) is 0 Å². The van der Waals surface area contributed by atoms with Crippen molar-refractivity contribution in [3.05, 3.63) is 69.4 Å². The molecule has 0 atom stereocenters. The largest absolute Gasteiger partial charge is 0.496 e. The number of hydrogen-bond acceptors (Lipinski definition) is 4. The van der Waals surface area contributed by atoms with Gasteiger partial charge in [-0.2, -0.15) is 14.9 Å². The van der Waals surface area contributed by atoms with E-state index >= 15 is 0 Å². The van der Waals surface area contributed by atoms with Gasteiger partial charge in [0.15, 0.2) is 5.82 Å². The summed E-state index contributed by atoms with van der Waals surface area (Å²) in [6, 6.07) is 15.5. The van der Waals surface area contributed by atoms with Crippen LogP contribution in [0.25, 0.3) is 17.5 Å². The Labute approximate surface area is 158 Å². The minimum absolute atomic E-state index is 0.424. The Morgan fingerprint density at radius 2 is 1.96 bits per heavy atom. The summed E-state index contributed by atoms with van der Waals surface area (Å²) < 4.78 is 8.25. The van der Waals surface area contributed by atoms with Gasteiger partial charge in [0.05, 0.1) is 7.11 Å². The molecule has 0 unspecified atom stereocenters. The second-order valence-corrected chi connectivity index (χ2v) is 6.25. The van der Waals surface area contributed by atoms with Gasteiger partial charge in [-0.05, 0) is 42.6 Å². The highest BCUT2D eigenvalue weighted by molar-refractivity contribution is 9.10.